The zero-order valence-electron chi connectivity index (χ0n) is 8.31. The summed E-state index contributed by atoms with van der Waals surface area (Å²) in [5.41, 5.74) is 0.345. The molecule has 0 aromatic carbocycles. The smallest absolute Gasteiger partial charge is 0.207 e. The standard InChI is InChI=1S/C9H20N2O/c1-9(2,3)7-10-5-4-6-11-8-12/h8,10H,4-7H2,1-3H3,(H,11,12). The number of hydrogen-bond donors (Lipinski definition) is 2. The van der Waals surface area contributed by atoms with E-state index in [0.29, 0.717) is 5.41 Å². The van der Waals surface area contributed by atoms with Crippen molar-refractivity contribution in [3.63, 3.8) is 0 Å². The van der Waals surface area contributed by atoms with Gasteiger partial charge in [0.15, 0.2) is 0 Å². The lowest BCUT2D eigenvalue weighted by molar-refractivity contribution is -0.109. The predicted octanol–water partition coefficient (Wildman–Crippen LogP) is 0.758. The molecule has 0 aliphatic rings. The molecular formula is C9H20N2O. The average Bonchev–Trinajstić information content (AvgIpc) is 1.94. The topological polar surface area (TPSA) is 41.1 Å². The van der Waals surface area contributed by atoms with Crippen molar-refractivity contribution in [1.29, 1.82) is 0 Å². The molecule has 0 spiro atoms. The molecule has 0 bridgehead atoms. The third-order valence-corrected chi connectivity index (χ3v) is 1.41. The fraction of sp³-hybridized carbons (Fsp3) is 0.889. The fourth-order valence-electron chi connectivity index (χ4n) is 0.838. The van der Waals surface area contributed by atoms with Gasteiger partial charge in [-0.2, -0.15) is 0 Å². The highest BCUT2D eigenvalue weighted by Crippen LogP contribution is 2.09. The van der Waals surface area contributed by atoms with Crippen LogP contribution in [-0.4, -0.2) is 26.0 Å². The SMILES string of the molecule is CC(C)(C)CNCCCNC=O. The Morgan fingerprint density at radius 1 is 1.25 bits per heavy atom. The first-order chi connectivity index (χ1) is 5.56. The molecule has 2 N–H and O–H groups in total. The third kappa shape index (κ3) is 9.43. The second-order valence-corrected chi connectivity index (χ2v) is 4.16. The van der Waals surface area contributed by atoms with Crippen LogP contribution >= 0.6 is 0 Å². The monoisotopic (exact) mass is 172 g/mol. The van der Waals surface area contributed by atoms with Gasteiger partial charge in [-0.05, 0) is 24.9 Å². The molecule has 12 heavy (non-hydrogen) atoms. The lowest BCUT2D eigenvalue weighted by atomic mass is 9.97. The minimum atomic E-state index is 0.345. The Morgan fingerprint density at radius 2 is 1.92 bits per heavy atom. The normalized spacial score (nSPS) is 11.2. The van der Waals surface area contributed by atoms with Crippen molar-refractivity contribution in [2.24, 2.45) is 5.41 Å². The summed E-state index contributed by atoms with van der Waals surface area (Å²) in [6, 6.07) is 0. The van der Waals surface area contributed by atoms with Gasteiger partial charge in [0.05, 0.1) is 0 Å². The van der Waals surface area contributed by atoms with E-state index in [9.17, 15) is 4.79 Å². The van der Waals surface area contributed by atoms with Crippen molar-refractivity contribution in [3.8, 4) is 0 Å². The van der Waals surface area contributed by atoms with Gasteiger partial charge in [-0.25, -0.2) is 0 Å². The maximum Gasteiger partial charge on any atom is 0.207 e. The first-order valence-corrected chi connectivity index (χ1v) is 4.44. The Hall–Kier alpha value is -0.570. The van der Waals surface area contributed by atoms with Crippen LogP contribution < -0.4 is 10.6 Å². The molecule has 0 unspecified atom stereocenters. The molecule has 0 saturated carbocycles. The van der Waals surface area contributed by atoms with Gasteiger partial charge in [0.25, 0.3) is 0 Å². The van der Waals surface area contributed by atoms with E-state index >= 15 is 0 Å². The predicted molar refractivity (Wildman–Crippen MR) is 51.0 cm³/mol. The van der Waals surface area contributed by atoms with Crippen LogP contribution in [0.15, 0.2) is 0 Å². The van der Waals surface area contributed by atoms with Crippen molar-refractivity contribution in [1.82, 2.24) is 10.6 Å². The van der Waals surface area contributed by atoms with Gasteiger partial charge >= 0.3 is 0 Å². The van der Waals surface area contributed by atoms with Crippen molar-refractivity contribution in [2.45, 2.75) is 27.2 Å². The number of hydrogen-bond acceptors (Lipinski definition) is 2. The molecule has 1 amide bonds. The van der Waals surface area contributed by atoms with Crippen molar-refractivity contribution >= 4 is 6.41 Å². The Kier molecular flexibility index (Phi) is 5.72. The lowest BCUT2D eigenvalue weighted by Crippen LogP contribution is -2.29. The highest BCUT2D eigenvalue weighted by Gasteiger charge is 2.07. The van der Waals surface area contributed by atoms with Crippen LogP contribution in [0.1, 0.15) is 27.2 Å². The van der Waals surface area contributed by atoms with Crippen LogP contribution in [0.4, 0.5) is 0 Å². The van der Waals surface area contributed by atoms with Gasteiger partial charge in [-0.3, -0.25) is 4.79 Å². The van der Waals surface area contributed by atoms with Crippen molar-refractivity contribution in [2.75, 3.05) is 19.6 Å². The molecule has 0 aliphatic carbocycles. The van der Waals surface area contributed by atoms with Crippen LogP contribution in [0.5, 0.6) is 0 Å². The molecule has 3 nitrogen and oxygen atoms in total. The molecular weight excluding hydrogens is 152 g/mol. The maximum atomic E-state index is 9.87. The average molecular weight is 172 g/mol. The zero-order chi connectivity index (χ0) is 9.45. The molecule has 0 rings (SSSR count). The highest BCUT2D eigenvalue weighted by molar-refractivity contribution is 5.45. The summed E-state index contributed by atoms with van der Waals surface area (Å²) in [6.07, 6.45) is 1.73. The molecule has 0 radical (unpaired) electrons. The van der Waals surface area contributed by atoms with Gasteiger partial charge < -0.3 is 10.6 Å². The lowest BCUT2D eigenvalue weighted by Gasteiger charge is -2.18. The molecule has 0 aromatic heterocycles. The van der Waals surface area contributed by atoms with Gasteiger partial charge in [-0.15, -0.1) is 0 Å². The van der Waals surface area contributed by atoms with Crippen LogP contribution in [0.25, 0.3) is 0 Å². The first kappa shape index (κ1) is 11.4. The summed E-state index contributed by atoms with van der Waals surface area (Å²) >= 11 is 0. The minimum absolute atomic E-state index is 0.345. The number of nitrogens with one attached hydrogen (secondary N) is 2. The van der Waals surface area contributed by atoms with Crippen LogP contribution in [0.3, 0.4) is 0 Å². The highest BCUT2D eigenvalue weighted by atomic mass is 16.1. The zero-order valence-corrected chi connectivity index (χ0v) is 8.31. The van der Waals surface area contributed by atoms with E-state index in [1.807, 2.05) is 0 Å². The number of rotatable bonds is 6. The second-order valence-electron chi connectivity index (χ2n) is 4.16. The Morgan fingerprint density at radius 3 is 2.42 bits per heavy atom. The summed E-state index contributed by atoms with van der Waals surface area (Å²) in [4.78, 5) is 9.87. The van der Waals surface area contributed by atoms with Gasteiger partial charge in [0.1, 0.15) is 0 Å². The van der Waals surface area contributed by atoms with Crippen molar-refractivity contribution < 1.29 is 4.79 Å². The molecule has 0 fully saturated rings. The summed E-state index contributed by atoms with van der Waals surface area (Å²) in [7, 11) is 0. The van der Waals surface area contributed by atoms with Crippen molar-refractivity contribution in [3.05, 3.63) is 0 Å². The van der Waals surface area contributed by atoms with E-state index in [2.05, 4.69) is 31.4 Å². The Balaban J connectivity index is 3.06. The third-order valence-electron chi connectivity index (χ3n) is 1.41. The van der Waals surface area contributed by atoms with E-state index in [4.69, 9.17) is 0 Å². The van der Waals surface area contributed by atoms with E-state index in [1.54, 1.807) is 0 Å². The quantitative estimate of drug-likeness (QED) is 0.459. The van der Waals surface area contributed by atoms with E-state index in [1.165, 1.54) is 0 Å². The summed E-state index contributed by atoms with van der Waals surface area (Å²) in [5.74, 6) is 0. The minimum Gasteiger partial charge on any atom is -0.359 e. The number of amides is 1. The molecule has 72 valence electrons. The molecule has 0 saturated heterocycles. The van der Waals surface area contributed by atoms with E-state index in [-0.39, 0.29) is 0 Å². The molecule has 0 aliphatic heterocycles. The van der Waals surface area contributed by atoms with Gasteiger partial charge in [0.2, 0.25) is 6.41 Å². The fourth-order valence-corrected chi connectivity index (χ4v) is 0.838. The van der Waals surface area contributed by atoms with Gasteiger partial charge in [0, 0.05) is 6.54 Å². The number of carbonyl (C=O) groups is 1. The second kappa shape index (κ2) is 6.00. The molecule has 0 heterocycles. The van der Waals surface area contributed by atoms with Crippen LogP contribution in [0, 0.1) is 5.41 Å². The van der Waals surface area contributed by atoms with E-state index in [0.717, 1.165) is 32.5 Å². The van der Waals surface area contributed by atoms with Crippen LogP contribution in [-0.2, 0) is 4.79 Å². The Labute approximate surface area is 74.9 Å². The Bertz CT molecular complexity index is 118. The summed E-state index contributed by atoms with van der Waals surface area (Å²) in [6.45, 7) is 9.35. The summed E-state index contributed by atoms with van der Waals surface area (Å²) < 4.78 is 0. The van der Waals surface area contributed by atoms with Gasteiger partial charge in [-0.1, -0.05) is 20.8 Å². The maximum absolute atomic E-state index is 9.87. The number of carbonyl (C=O) groups excluding carboxylic acids is 1. The first-order valence-electron chi connectivity index (χ1n) is 4.44. The van der Waals surface area contributed by atoms with E-state index < -0.39 is 0 Å². The molecule has 0 atom stereocenters. The largest absolute Gasteiger partial charge is 0.359 e. The molecule has 0 aromatic rings. The molecule has 3 heteroatoms. The van der Waals surface area contributed by atoms with Crippen LogP contribution in [0.2, 0.25) is 0 Å². The summed E-state index contributed by atoms with van der Waals surface area (Å²) in [5, 5.41) is 5.95.